The lowest BCUT2D eigenvalue weighted by molar-refractivity contribution is -0.142. The van der Waals surface area contributed by atoms with Gasteiger partial charge >= 0.3 is 5.97 Å². The van der Waals surface area contributed by atoms with E-state index in [1.165, 1.54) is 12.2 Å². The van der Waals surface area contributed by atoms with Gasteiger partial charge in [0.25, 0.3) is 0 Å². The second-order valence-electron chi connectivity index (χ2n) is 4.24. The maximum absolute atomic E-state index is 10.7. The number of hydrogen-bond donors (Lipinski definition) is 3. The SMILES string of the molecule is CCCCC1C=C(O)C=CC1(O)CC(=O)O. The Morgan fingerprint density at radius 2 is 2.25 bits per heavy atom. The minimum absolute atomic E-state index is 0.0937. The fourth-order valence-electron chi connectivity index (χ4n) is 1.95. The van der Waals surface area contributed by atoms with Crippen molar-refractivity contribution >= 4 is 5.97 Å². The number of carboxylic acid groups (broad SMARTS) is 1. The van der Waals surface area contributed by atoms with Gasteiger partial charge in [-0.1, -0.05) is 19.8 Å². The minimum Gasteiger partial charge on any atom is -0.508 e. The number of carboxylic acids is 1. The Kier molecular flexibility index (Phi) is 4.12. The number of aliphatic carboxylic acids is 1. The van der Waals surface area contributed by atoms with Gasteiger partial charge in [-0.05, 0) is 24.6 Å². The van der Waals surface area contributed by atoms with Crippen LogP contribution in [0, 0.1) is 5.92 Å². The highest BCUT2D eigenvalue weighted by Gasteiger charge is 2.37. The van der Waals surface area contributed by atoms with Crippen LogP contribution in [0.3, 0.4) is 0 Å². The van der Waals surface area contributed by atoms with E-state index in [1.807, 2.05) is 6.92 Å². The standard InChI is InChI=1S/C12H18O4/c1-2-3-4-9-7-10(13)5-6-12(9,16)8-11(14)15/h5-7,9,13,16H,2-4,8H2,1H3,(H,14,15). The van der Waals surface area contributed by atoms with E-state index in [-0.39, 0.29) is 18.1 Å². The number of aliphatic hydroxyl groups is 2. The van der Waals surface area contributed by atoms with Crippen LogP contribution >= 0.6 is 0 Å². The van der Waals surface area contributed by atoms with Gasteiger partial charge in [0, 0.05) is 5.92 Å². The Labute approximate surface area is 94.9 Å². The highest BCUT2D eigenvalue weighted by Crippen LogP contribution is 2.33. The van der Waals surface area contributed by atoms with E-state index >= 15 is 0 Å². The first-order valence-electron chi connectivity index (χ1n) is 5.52. The first kappa shape index (κ1) is 12.8. The Hall–Kier alpha value is -1.29. The van der Waals surface area contributed by atoms with Crippen molar-refractivity contribution in [1.82, 2.24) is 0 Å². The summed E-state index contributed by atoms with van der Waals surface area (Å²) in [6.07, 6.45) is 6.49. The van der Waals surface area contributed by atoms with Crippen molar-refractivity contribution in [2.45, 2.75) is 38.2 Å². The summed E-state index contributed by atoms with van der Waals surface area (Å²) >= 11 is 0. The third-order valence-corrected chi connectivity index (χ3v) is 2.86. The molecule has 3 N–H and O–H groups in total. The third kappa shape index (κ3) is 3.10. The highest BCUT2D eigenvalue weighted by atomic mass is 16.4. The fraction of sp³-hybridized carbons (Fsp3) is 0.583. The van der Waals surface area contributed by atoms with Crippen molar-refractivity contribution in [3.63, 3.8) is 0 Å². The fourth-order valence-corrected chi connectivity index (χ4v) is 1.95. The second kappa shape index (κ2) is 5.16. The molecule has 4 heteroatoms. The van der Waals surface area contributed by atoms with E-state index in [4.69, 9.17) is 5.11 Å². The molecule has 0 aromatic carbocycles. The van der Waals surface area contributed by atoms with E-state index in [2.05, 4.69) is 0 Å². The van der Waals surface area contributed by atoms with Crippen molar-refractivity contribution in [3.8, 4) is 0 Å². The molecule has 0 aromatic rings. The summed E-state index contributed by atoms with van der Waals surface area (Å²) in [7, 11) is 0. The largest absolute Gasteiger partial charge is 0.508 e. The molecule has 1 aliphatic rings. The second-order valence-corrected chi connectivity index (χ2v) is 4.24. The Morgan fingerprint density at radius 3 is 2.81 bits per heavy atom. The monoisotopic (exact) mass is 226 g/mol. The summed E-state index contributed by atoms with van der Waals surface area (Å²) < 4.78 is 0. The van der Waals surface area contributed by atoms with Crippen molar-refractivity contribution in [2.75, 3.05) is 0 Å². The van der Waals surface area contributed by atoms with Gasteiger partial charge in [0.2, 0.25) is 0 Å². The van der Waals surface area contributed by atoms with Crippen LogP contribution in [0.25, 0.3) is 0 Å². The smallest absolute Gasteiger partial charge is 0.306 e. The molecule has 0 aliphatic heterocycles. The zero-order valence-corrected chi connectivity index (χ0v) is 9.39. The molecule has 0 heterocycles. The molecule has 4 nitrogen and oxygen atoms in total. The number of allylic oxidation sites excluding steroid dienone is 1. The van der Waals surface area contributed by atoms with Crippen molar-refractivity contribution in [1.29, 1.82) is 0 Å². The maximum atomic E-state index is 10.7. The number of aliphatic hydroxyl groups excluding tert-OH is 1. The summed E-state index contributed by atoms with van der Waals surface area (Å²) in [5.74, 6) is -1.27. The third-order valence-electron chi connectivity index (χ3n) is 2.86. The topological polar surface area (TPSA) is 77.8 Å². The first-order valence-corrected chi connectivity index (χ1v) is 5.52. The molecule has 0 aromatic heterocycles. The quantitative estimate of drug-likeness (QED) is 0.670. The first-order chi connectivity index (χ1) is 7.48. The van der Waals surface area contributed by atoms with Crippen LogP contribution in [0.5, 0.6) is 0 Å². The molecule has 0 saturated heterocycles. The van der Waals surface area contributed by atoms with Crippen molar-refractivity contribution in [2.24, 2.45) is 5.92 Å². The number of carbonyl (C=O) groups is 1. The average molecular weight is 226 g/mol. The van der Waals surface area contributed by atoms with Gasteiger partial charge in [-0.25, -0.2) is 0 Å². The van der Waals surface area contributed by atoms with E-state index in [9.17, 15) is 15.0 Å². The molecule has 0 spiro atoms. The number of rotatable bonds is 5. The van der Waals surface area contributed by atoms with E-state index in [1.54, 1.807) is 6.08 Å². The van der Waals surface area contributed by atoms with E-state index in [0.717, 1.165) is 12.8 Å². The Bertz CT molecular complexity index is 319. The van der Waals surface area contributed by atoms with Gasteiger partial charge in [0.15, 0.2) is 0 Å². The van der Waals surface area contributed by atoms with Crippen LogP contribution < -0.4 is 0 Å². The molecule has 0 bridgehead atoms. The van der Waals surface area contributed by atoms with Gasteiger partial charge in [-0.15, -0.1) is 0 Å². The predicted molar refractivity (Wildman–Crippen MR) is 60.1 cm³/mol. The molecular weight excluding hydrogens is 208 g/mol. The molecule has 0 saturated carbocycles. The summed E-state index contributed by atoms with van der Waals surface area (Å²) in [6, 6.07) is 0. The molecule has 1 aliphatic carbocycles. The molecule has 2 unspecified atom stereocenters. The van der Waals surface area contributed by atoms with Crippen LogP contribution in [0.4, 0.5) is 0 Å². The van der Waals surface area contributed by atoms with Crippen LogP contribution in [0.15, 0.2) is 24.0 Å². The van der Waals surface area contributed by atoms with Gasteiger partial charge in [0.05, 0.1) is 12.0 Å². The lowest BCUT2D eigenvalue weighted by Crippen LogP contribution is -2.39. The molecule has 0 amide bonds. The molecule has 0 fully saturated rings. The number of unbranched alkanes of at least 4 members (excludes halogenated alkanes) is 1. The van der Waals surface area contributed by atoms with Crippen molar-refractivity contribution in [3.05, 3.63) is 24.0 Å². The van der Waals surface area contributed by atoms with Gasteiger partial charge in [0.1, 0.15) is 5.76 Å². The lowest BCUT2D eigenvalue weighted by atomic mass is 9.78. The van der Waals surface area contributed by atoms with Gasteiger partial charge < -0.3 is 15.3 Å². The molecule has 0 radical (unpaired) electrons. The Balaban J connectivity index is 2.80. The Morgan fingerprint density at radius 1 is 1.56 bits per heavy atom. The summed E-state index contributed by atoms with van der Waals surface area (Å²) in [6.45, 7) is 2.03. The average Bonchev–Trinajstić information content (AvgIpc) is 2.19. The summed E-state index contributed by atoms with van der Waals surface area (Å²) in [4.78, 5) is 10.7. The van der Waals surface area contributed by atoms with Crippen LogP contribution in [0.1, 0.15) is 32.6 Å². The van der Waals surface area contributed by atoms with E-state index in [0.29, 0.717) is 6.42 Å². The molecular formula is C12H18O4. The summed E-state index contributed by atoms with van der Waals surface area (Å²) in [5, 5.41) is 28.3. The summed E-state index contributed by atoms with van der Waals surface area (Å²) in [5.41, 5.74) is -1.37. The zero-order valence-electron chi connectivity index (χ0n) is 9.39. The number of hydrogen-bond acceptors (Lipinski definition) is 3. The van der Waals surface area contributed by atoms with Gasteiger partial charge in [-0.2, -0.15) is 0 Å². The zero-order chi connectivity index (χ0) is 12.2. The molecule has 90 valence electrons. The lowest BCUT2D eigenvalue weighted by Gasteiger charge is -2.33. The minimum atomic E-state index is -1.37. The molecule has 2 atom stereocenters. The predicted octanol–water partition coefficient (Wildman–Crippen LogP) is 2.01. The van der Waals surface area contributed by atoms with E-state index < -0.39 is 11.6 Å². The molecule has 1 rings (SSSR count). The normalized spacial score (nSPS) is 28.9. The maximum Gasteiger partial charge on any atom is 0.306 e. The van der Waals surface area contributed by atoms with Crippen LogP contribution in [-0.4, -0.2) is 26.9 Å². The van der Waals surface area contributed by atoms with Gasteiger partial charge in [-0.3, -0.25) is 4.79 Å². The van der Waals surface area contributed by atoms with Crippen molar-refractivity contribution < 1.29 is 20.1 Å². The highest BCUT2D eigenvalue weighted by molar-refractivity contribution is 5.69. The van der Waals surface area contributed by atoms with Crippen LogP contribution in [0.2, 0.25) is 0 Å². The molecule has 16 heavy (non-hydrogen) atoms. The van der Waals surface area contributed by atoms with Crippen LogP contribution in [-0.2, 0) is 4.79 Å².